The molecule has 0 aliphatic heterocycles. The first-order chi connectivity index (χ1) is 30.2. The Morgan fingerprint density at radius 2 is 0.705 bits per heavy atom. The maximum absolute atomic E-state index is 2.38. The van der Waals surface area contributed by atoms with Gasteiger partial charge in [-0.1, -0.05) is 206 Å². The maximum atomic E-state index is 2.38. The highest BCUT2D eigenvalue weighted by Crippen LogP contribution is 2.42. The van der Waals surface area contributed by atoms with E-state index in [-0.39, 0.29) is 0 Å². The molecule has 11 rings (SSSR count). The Morgan fingerprint density at radius 3 is 1.43 bits per heavy atom. The molecule has 286 valence electrons. The lowest BCUT2D eigenvalue weighted by Crippen LogP contribution is -2.10. The lowest BCUT2D eigenvalue weighted by atomic mass is 9.89. The summed E-state index contributed by atoms with van der Waals surface area (Å²) in [6.07, 6.45) is 0. The molecule has 0 bridgehead atoms. The summed E-state index contributed by atoms with van der Waals surface area (Å²) in [5.74, 6) is 0. The van der Waals surface area contributed by atoms with E-state index < -0.39 is 0 Å². The molecule has 0 saturated heterocycles. The van der Waals surface area contributed by atoms with E-state index in [1.54, 1.807) is 0 Å². The van der Waals surface area contributed by atoms with Gasteiger partial charge in [-0.2, -0.15) is 0 Å². The van der Waals surface area contributed by atoms with Gasteiger partial charge in [0.25, 0.3) is 0 Å². The van der Waals surface area contributed by atoms with Crippen molar-refractivity contribution in [2.45, 2.75) is 0 Å². The lowest BCUT2D eigenvalue weighted by Gasteiger charge is -2.27. The second-order valence-corrected chi connectivity index (χ2v) is 15.7. The molecule has 1 heteroatoms. The first-order valence-corrected chi connectivity index (χ1v) is 21.0. The van der Waals surface area contributed by atoms with Crippen molar-refractivity contribution in [2.24, 2.45) is 0 Å². The zero-order chi connectivity index (χ0) is 40.5. The first-order valence-electron chi connectivity index (χ1n) is 21.0. The summed E-state index contributed by atoms with van der Waals surface area (Å²) in [6, 6.07) is 90.4. The van der Waals surface area contributed by atoms with E-state index in [9.17, 15) is 0 Å². The standard InChI is InChI=1S/C60H41N/c1-2-13-47(14-3-1)59-39-34-48-16-7-9-22-58(48)60(59)49-32-37-54(38-33-49)61(55-20-10-19-52(41-55)57-23-11-18-46-15-6-8-21-56(46)57)53-35-30-44(31-36-53)43-24-26-45(27-25-43)51-29-28-42-12-4-5-17-50(42)40-51/h1-41H. The molecule has 61 heavy (non-hydrogen) atoms. The summed E-state index contributed by atoms with van der Waals surface area (Å²) >= 11 is 0. The van der Waals surface area contributed by atoms with Crippen LogP contribution in [0.2, 0.25) is 0 Å². The van der Waals surface area contributed by atoms with Crippen molar-refractivity contribution in [2.75, 3.05) is 4.90 Å². The van der Waals surface area contributed by atoms with Crippen molar-refractivity contribution in [1.29, 1.82) is 0 Å². The van der Waals surface area contributed by atoms with Crippen molar-refractivity contribution >= 4 is 49.4 Å². The number of nitrogens with zero attached hydrogens (tertiary/aromatic N) is 1. The Hall–Kier alpha value is -8.00. The van der Waals surface area contributed by atoms with E-state index in [2.05, 4.69) is 254 Å². The lowest BCUT2D eigenvalue weighted by molar-refractivity contribution is 1.28. The fourth-order valence-electron chi connectivity index (χ4n) is 8.98. The molecule has 0 saturated carbocycles. The van der Waals surface area contributed by atoms with Crippen LogP contribution in [-0.2, 0) is 0 Å². The van der Waals surface area contributed by atoms with E-state index >= 15 is 0 Å². The number of rotatable bonds is 8. The van der Waals surface area contributed by atoms with Crippen molar-refractivity contribution in [3.63, 3.8) is 0 Å². The van der Waals surface area contributed by atoms with Gasteiger partial charge in [0.15, 0.2) is 0 Å². The molecule has 0 radical (unpaired) electrons. The Bertz CT molecular complexity index is 3320. The molecule has 0 aromatic heterocycles. The van der Waals surface area contributed by atoms with Gasteiger partial charge in [0.2, 0.25) is 0 Å². The average molecular weight is 776 g/mol. The fourth-order valence-corrected chi connectivity index (χ4v) is 8.98. The van der Waals surface area contributed by atoms with E-state index in [0.717, 1.165) is 17.1 Å². The van der Waals surface area contributed by atoms with Crippen molar-refractivity contribution < 1.29 is 0 Å². The minimum atomic E-state index is 1.09. The predicted molar refractivity (Wildman–Crippen MR) is 261 cm³/mol. The molecule has 0 atom stereocenters. The highest BCUT2D eigenvalue weighted by atomic mass is 15.1. The van der Waals surface area contributed by atoms with Crippen LogP contribution in [0, 0.1) is 0 Å². The minimum absolute atomic E-state index is 1.09. The molecule has 1 nitrogen and oxygen atoms in total. The number of benzene rings is 11. The molecule has 0 heterocycles. The Morgan fingerprint density at radius 1 is 0.213 bits per heavy atom. The molecule has 0 spiro atoms. The summed E-state index contributed by atoms with van der Waals surface area (Å²) in [6.45, 7) is 0. The molecule has 0 amide bonds. The molecular weight excluding hydrogens is 735 g/mol. The third-order valence-corrected chi connectivity index (χ3v) is 12.1. The van der Waals surface area contributed by atoms with Crippen LogP contribution >= 0.6 is 0 Å². The van der Waals surface area contributed by atoms with Crippen LogP contribution in [0.4, 0.5) is 17.1 Å². The predicted octanol–water partition coefficient (Wildman–Crippen LogP) is 17.0. The van der Waals surface area contributed by atoms with Crippen molar-refractivity contribution in [3.8, 4) is 55.6 Å². The number of hydrogen-bond acceptors (Lipinski definition) is 1. The molecule has 11 aromatic carbocycles. The molecule has 0 aliphatic carbocycles. The zero-order valence-electron chi connectivity index (χ0n) is 33.6. The summed E-state index contributed by atoms with van der Waals surface area (Å²) in [5.41, 5.74) is 15.4. The highest BCUT2D eigenvalue weighted by molar-refractivity contribution is 6.04. The van der Waals surface area contributed by atoms with Crippen molar-refractivity contribution in [1.82, 2.24) is 0 Å². The van der Waals surface area contributed by atoms with Gasteiger partial charge in [-0.15, -0.1) is 0 Å². The highest BCUT2D eigenvalue weighted by Gasteiger charge is 2.17. The van der Waals surface area contributed by atoms with Gasteiger partial charge in [0.05, 0.1) is 0 Å². The Labute approximate surface area is 357 Å². The molecular formula is C60H41N. The van der Waals surface area contributed by atoms with Crippen LogP contribution in [0.5, 0.6) is 0 Å². The van der Waals surface area contributed by atoms with E-state index in [4.69, 9.17) is 0 Å². The quantitative estimate of drug-likeness (QED) is 0.149. The van der Waals surface area contributed by atoms with Crippen LogP contribution in [0.25, 0.3) is 88.0 Å². The second-order valence-electron chi connectivity index (χ2n) is 15.7. The van der Waals surface area contributed by atoms with Gasteiger partial charge in [-0.3, -0.25) is 0 Å². The van der Waals surface area contributed by atoms with Gasteiger partial charge in [0, 0.05) is 17.1 Å². The second kappa shape index (κ2) is 15.6. The maximum Gasteiger partial charge on any atom is 0.0467 e. The topological polar surface area (TPSA) is 3.24 Å². The zero-order valence-corrected chi connectivity index (χ0v) is 33.6. The molecule has 0 unspecified atom stereocenters. The smallest absolute Gasteiger partial charge is 0.0467 e. The monoisotopic (exact) mass is 775 g/mol. The summed E-state index contributed by atoms with van der Waals surface area (Å²) in [4.78, 5) is 2.38. The third-order valence-electron chi connectivity index (χ3n) is 12.1. The van der Waals surface area contributed by atoms with Gasteiger partial charge in [0.1, 0.15) is 0 Å². The molecule has 11 aromatic rings. The van der Waals surface area contributed by atoms with Gasteiger partial charge < -0.3 is 4.90 Å². The van der Waals surface area contributed by atoms with Gasteiger partial charge >= 0.3 is 0 Å². The van der Waals surface area contributed by atoms with Crippen LogP contribution < -0.4 is 4.90 Å². The summed E-state index contributed by atoms with van der Waals surface area (Å²) in [5, 5.41) is 7.48. The Kier molecular flexibility index (Phi) is 9.26. The largest absolute Gasteiger partial charge is 0.310 e. The van der Waals surface area contributed by atoms with E-state index in [1.807, 2.05) is 0 Å². The minimum Gasteiger partial charge on any atom is -0.310 e. The Balaban J connectivity index is 0.989. The van der Waals surface area contributed by atoms with Crippen LogP contribution in [0.3, 0.4) is 0 Å². The SMILES string of the molecule is c1ccc(-c2ccc3ccccc3c2-c2ccc(N(c3ccc(-c4ccc(-c5ccc6ccccc6c5)cc4)cc3)c3cccc(-c4cccc5ccccc45)c3)cc2)cc1. The van der Waals surface area contributed by atoms with Crippen molar-refractivity contribution in [3.05, 3.63) is 249 Å². The molecule has 0 aliphatic rings. The number of hydrogen-bond donors (Lipinski definition) is 0. The number of anilines is 3. The van der Waals surface area contributed by atoms with E-state index in [0.29, 0.717) is 0 Å². The third kappa shape index (κ3) is 6.93. The van der Waals surface area contributed by atoms with Crippen LogP contribution in [-0.4, -0.2) is 0 Å². The molecule has 0 N–H and O–H groups in total. The average Bonchev–Trinajstić information content (AvgIpc) is 3.34. The van der Waals surface area contributed by atoms with Gasteiger partial charge in [-0.05, 0) is 130 Å². The molecule has 0 fully saturated rings. The van der Waals surface area contributed by atoms with Crippen LogP contribution in [0.1, 0.15) is 0 Å². The first kappa shape index (κ1) is 36.1. The number of fused-ring (bicyclic) bond motifs is 3. The fraction of sp³-hybridized carbons (Fsp3) is 0. The normalized spacial score (nSPS) is 11.3. The summed E-state index contributed by atoms with van der Waals surface area (Å²) < 4.78 is 0. The van der Waals surface area contributed by atoms with E-state index in [1.165, 1.54) is 88.0 Å². The van der Waals surface area contributed by atoms with Gasteiger partial charge in [-0.25, -0.2) is 0 Å². The summed E-state index contributed by atoms with van der Waals surface area (Å²) in [7, 11) is 0. The van der Waals surface area contributed by atoms with Crippen LogP contribution in [0.15, 0.2) is 249 Å².